The van der Waals surface area contributed by atoms with Crippen LogP contribution in [0.15, 0.2) is 42.6 Å². The van der Waals surface area contributed by atoms with Gasteiger partial charge in [0, 0.05) is 18.8 Å². The van der Waals surface area contributed by atoms with Crippen LogP contribution in [-0.4, -0.2) is 20.6 Å². The number of carbonyl (C=O) groups excluding carboxylic acids is 1. The minimum Gasteiger partial charge on any atom is -1.00 e. The van der Waals surface area contributed by atoms with Crippen LogP contribution < -0.4 is 51.4 Å². The second kappa shape index (κ2) is 6.85. The minimum absolute atomic E-state index is 0. The van der Waals surface area contributed by atoms with Crippen molar-refractivity contribution >= 4 is 23.3 Å². The van der Waals surface area contributed by atoms with Crippen LogP contribution in [0.25, 0.3) is 22.8 Å². The molecule has 1 aromatic carbocycles. The van der Waals surface area contributed by atoms with Gasteiger partial charge in [0.25, 0.3) is 0 Å². The zero-order valence-electron chi connectivity index (χ0n) is 13.4. The van der Waals surface area contributed by atoms with Crippen molar-refractivity contribution in [2.24, 2.45) is 7.05 Å². The molecule has 0 saturated carbocycles. The van der Waals surface area contributed by atoms with Gasteiger partial charge in [-0.2, -0.15) is 5.10 Å². The molecule has 0 atom stereocenters. The van der Waals surface area contributed by atoms with Crippen molar-refractivity contribution in [3.05, 3.63) is 53.9 Å². The van der Waals surface area contributed by atoms with Gasteiger partial charge in [-0.1, -0.05) is 18.2 Å². The number of para-hydroxylation sites is 1. The number of carbonyl (C=O) groups is 1. The monoisotopic (exact) mass is 305 g/mol. The van der Waals surface area contributed by atoms with Crippen LogP contribution >= 0.6 is 0 Å². The maximum absolute atomic E-state index is 10.6. The summed E-state index contributed by atoms with van der Waals surface area (Å²) in [6.45, 7) is 1.94. The molecule has 0 aliphatic rings. The molecule has 0 N–H and O–H groups in total. The van der Waals surface area contributed by atoms with Crippen LogP contribution in [0, 0.1) is 6.92 Å². The molecular weight excluding hydrogens is 289 g/mol. The van der Waals surface area contributed by atoms with E-state index < -0.39 is 0 Å². The Labute approximate surface area is 167 Å². The van der Waals surface area contributed by atoms with E-state index in [-0.39, 0.29) is 52.8 Å². The van der Waals surface area contributed by atoms with Gasteiger partial charge >= 0.3 is 51.4 Å². The fourth-order valence-corrected chi connectivity index (χ4v) is 2.55. The average Bonchev–Trinajstić information content (AvgIpc) is 2.97. The minimum atomic E-state index is 0. The van der Waals surface area contributed by atoms with Crippen LogP contribution in [-0.2, 0) is 11.8 Å². The first kappa shape index (κ1) is 16.4. The number of aryl methyl sites for hydroxylation is 2. The Morgan fingerprint density at radius 1 is 1.24 bits per heavy atom. The SMILES string of the molecule is Cc1nn(C)c(-n2ccc3ccccc32)c1/C=C/C=O.[H-].[K+]. The fourth-order valence-electron chi connectivity index (χ4n) is 2.55. The van der Waals surface area contributed by atoms with E-state index in [2.05, 4.69) is 27.9 Å². The summed E-state index contributed by atoms with van der Waals surface area (Å²) in [6.07, 6.45) is 6.11. The Kier molecular flexibility index (Phi) is 5.35. The summed E-state index contributed by atoms with van der Waals surface area (Å²) >= 11 is 0. The van der Waals surface area contributed by atoms with Crippen molar-refractivity contribution in [3.8, 4) is 5.82 Å². The molecule has 0 fully saturated rings. The van der Waals surface area contributed by atoms with Gasteiger partial charge in [-0.3, -0.25) is 9.48 Å². The fraction of sp³-hybridized carbons (Fsp3) is 0.125. The molecular formula is C16H16KN3O. The second-order valence-electron chi connectivity index (χ2n) is 4.69. The molecule has 102 valence electrons. The molecule has 0 radical (unpaired) electrons. The molecule has 0 amide bonds. The first-order valence-corrected chi connectivity index (χ1v) is 6.44. The quantitative estimate of drug-likeness (QED) is 0.388. The molecule has 0 saturated heterocycles. The number of aldehydes is 1. The second-order valence-corrected chi connectivity index (χ2v) is 4.69. The molecule has 3 rings (SSSR count). The third-order valence-electron chi connectivity index (χ3n) is 3.41. The summed E-state index contributed by atoms with van der Waals surface area (Å²) in [7, 11) is 1.91. The van der Waals surface area contributed by atoms with Crippen molar-refractivity contribution in [1.29, 1.82) is 0 Å². The predicted octanol–water partition coefficient (Wildman–Crippen LogP) is 0.00102. The molecule has 2 heterocycles. The van der Waals surface area contributed by atoms with Crippen LogP contribution in [0.2, 0.25) is 0 Å². The Morgan fingerprint density at radius 2 is 2.00 bits per heavy atom. The largest absolute Gasteiger partial charge is 1.00 e. The number of allylic oxidation sites excluding steroid dienone is 1. The number of nitrogens with zero attached hydrogens (tertiary/aromatic N) is 3. The van der Waals surface area contributed by atoms with Crippen LogP contribution in [0.5, 0.6) is 0 Å². The zero-order chi connectivity index (χ0) is 14.1. The van der Waals surface area contributed by atoms with E-state index in [0.29, 0.717) is 0 Å². The van der Waals surface area contributed by atoms with Crippen molar-refractivity contribution in [2.75, 3.05) is 0 Å². The number of hydrogen-bond acceptors (Lipinski definition) is 2. The number of rotatable bonds is 3. The van der Waals surface area contributed by atoms with E-state index in [0.717, 1.165) is 28.9 Å². The molecule has 21 heavy (non-hydrogen) atoms. The zero-order valence-corrected chi connectivity index (χ0v) is 15.6. The molecule has 3 aromatic rings. The van der Waals surface area contributed by atoms with Gasteiger partial charge < -0.3 is 5.99 Å². The molecule has 0 aliphatic carbocycles. The third-order valence-corrected chi connectivity index (χ3v) is 3.41. The van der Waals surface area contributed by atoms with E-state index in [9.17, 15) is 4.79 Å². The third kappa shape index (κ3) is 2.98. The summed E-state index contributed by atoms with van der Waals surface area (Å²) in [5.74, 6) is 0.960. The van der Waals surface area contributed by atoms with Crippen molar-refractivity contribution in [3.63, 3.8) is 0 Å². The van der Waals surface area contributed by atoms with E-state index >= 15 is 0 Å². The Bertz CT molecular complexity index is 820. The van der Waals surface area contributed by atoms with Crippen molar-refractivity contribution in [2.45, 2.75) is 6.92 Å². The van der Waals surface area contributed by atoms with Gasteiger partial charge in [0.15, 0.2) is 0 Å². The van der Waals surface area contributed by atoms with Crippen molar-refractivity contribution < 1.29 is 57.6 Å². The first-order chi connectivity index (χ1) is 9.72. The molecule has 0 bridgehead atoms. The average molecular weight is 305 g/mol. The van der Waals surface area contributed by atoms with Crippen molar-refractivity contribution in [1.82, 2.24) is 14.3 Å². The standard InChI is InChI=1S/C16H15N3O.K.H/c1-12-14(7-5-11-20)16(18(2)17-12)19-10-9-13-6-3-4-8-15(13)19;;/h3-11H,1-2H3;;/q;+1;-1/b7-5+;;. The molecule has 4 nitrogen and oxygen atoms in total. The normalized spacial score (nSPS) is 11.0. The predicted molar refractivity (Wildman–Crippen MR) is 81.0 cm³/mol. The van der Waals surface area contributed by atoms with Gasteiger partial charge in [0.1, 0.15) is 12.1 Å². The molecule has 0 spiro atoms. The van der Waals surface area contributed by atoms with Gasteiger partial charge in [0.2, 0.25) is 0 Å². The summed E-state index contributed by atoms with van der Waals surface area (Å²) < 4.78 is 3.94. The summed E-state index contributed by atoms with van der Waals surface area (Å²) in [4.78, 5) is 10.6. The van der Waals surface area contributed by atoms with E-state index in [1.807, 2.05) is 37.0 Å². The Balaban J connectivity index is 0.00000121. The molecule has 0 aliphatic heterocycles. The number of fused-ring (bicyclic) bond motifs is 1. The summed E-state index contributed by atoms with van der Waals surface area (Å²) in [5, 5.41) is 5.63. The number of aromatic nitrogens is 3. The molecule has 5 heteroatoms. The van der Waals surface area contributed by atoms with Crippen LogP contribution in [0.1, 0.15) is 12.7 Å². The molecule has 0 unspecified atom stereocenters. The first-order valence-electron chi connectivity index (χ1n) is 6.44. The summed E-state index contributed by atoms with van der Waals surface area (Å²) in [6, 6.07) is 10.3. The Morgan fingerprint density at radius 3 is 2.76 bits per heavy atom. The van der Waals surface area contributed by atoms with E-state index in [1.165, 1.54) is 11.5 Å². The van der Waals surface area contributed by atoms with Crippen LogP contribution in [0.3, 0.4) is 0 Å². The molecule has 2 aromatic heterocycles. The maximum Gasteiger partial charge on any atom is 1.00 e. The maximum atomic E-state index is 10.6. The van der Waals surface area contributed by atoms with Gasteiger partial charge in [-0.05, 0) is 36.6 Å². The number of hydrogen-bond donors (Lipinski definition) is 0. The topological polar surface area (TPSA) is 39.8 Å². The van der Waals surface area contributed by atoms with E-state index in [1.54, 1.807) is 6.08 Å². The smallest absolute Gasteiger partial charge is 1.00 e. The van der Waals surface area contributed by atoms with Gasteiger partial charge in [-0.15, -0.1) is 0 Å². The van der Waals surface area contributed by atoms with Gasteiger partial charge in [0.05, 0.1) is 11.2 Å². The number of benzene rings is 1. The Hall–Kier alpha value is -0.984. The summed E-state index contributed by atoms with van der Waals surface area (Å²) in [5.41, 5.74) is 2.98. The van der Waals surface area contributed by atoms with Gasteiger partial charge in [-0.25, -0.2) is 0 Å². The van der Waals surface area contributed by atoms with E-state index in [4.69, 9.17) is 0 Å². The van der Waals surface area contributed by atoms with Crippen LogP contribution in [0.4, 0.5) is 0 Å².